The van der Waals surface area contributed by atoms with E-state index in [2.05, 4.69) is 51.4 Å². The van der Waals surface area contributed by atoms with Gasteiger partial charge in [0.2, 0.25) is 11.9 Å². The summed E-state index contributed by atoms with van der Waals surface area (Å²) < 4.78 is 13.0. The van der Waals surface area contributed by atoms with Crippen molar-refractivity contribution >= 4 is 11.9 Å². The van der Waals surface area contributed by atoms with E-state index < -0.39 is 0 Å². The third-order valence-corrected chi connectivity index (χ3v) is 5.48. The molecule has 0 aliphatic carbocycles. The van der Waals surface area contributed by atoms with Gasteiger partial charge in [-0.3, -0.25) is 4.79 Å². The first-order valence-electron chi connectivity index (χ1n) is 10.2. The van der Waals surface area contributed by atoms with Gasteiger partial charge in [0.15, 0.2) is 0 Å². The predicted octanol–water partition coefficient (Wildman–Crippen LogP) is 4.12. The van der Waals surface area contributed by atoms with Crippen molar-refractivity contribution in [2.45, 2.75) is 26.3 Å². The molecule has 30 heavy (non-hydrogen) atoms. The zero-order valence-electron chi connectivity index (χ0n) is 17.0. The molecule has 0 saturated carbocycles. The number of carbonyl (C=O) groups excluding carboxylic acids is 1. The third-order valence-electron chi connectivity index (χ3n) is 5.48. The van der Waals surface area contributed by atoms with Gasteiger partial charge in [0, 0.05) is 37.6 Å². The molecule has 0 spiro atoms. The minimum atomic E-state index is -0.276. The summed E-state index contributed by atoms with van der Waals surface area (Å²) in [6, 6.07) is 14.5. The summed E-state index contributed by atoms with van der Waals surface area (Å²) in [7, 11) is 0. The van der Waals surface area contributed by atoms with Crippen molar-refractivity contribution in [3.8, 4) is 11.1 Å². The van der Waals surface area contributed by atoms with E-state index in [9.17, 15) is 9.18 Å². The number of piperidine rings is 1. The van der Waals surface area contributed by atoms with E-state index in [1.807, 2.05) is 12.4 Å². The van der Waals surface area contributed by atoms with Crippen LogP contribution >= 0.6 is 0 Å². The Morgan fingerprint density at radius 2 is 1.77 bits per heavy atom. The molecule has 0 bridgehead atoms. The molecule has 1 unspecified atom stereocenters. The maximum atomic E-state index is 13.0. The first-order valence-corrected chi connectivity index (χ1v) is 10.2. The van der Waals surface area contributed by atoms with E-state index in [1.165, 1.54) is 17.7 Å². The quantitative estimate of drug-likeness (QED) is 0.695. The van der Waals surface area contributed by atoms with Crippen LogP contribution in [0.3, 0.4) is 0 Å². The van der Waals surface area contributed by atoms with Crippen molar-refractivity contribution in [2.75, 3.05) is 18.0 Å². The fourth-order valence-electron chi connectivity index (χ4n) is 3.69. The summed E-state index contributed by atoms with van der Waals surface area (Å²) in [5, 5.41) is 2.97. The first kappa shape index (κ1) is 20.0. The maximum absolute atomic E-state index is 13.0. The van der Waals surface area contributed by atoms with Crippen molar-refractivity contribution in [1.82, 2.24) is 15.3 Å². The Morgan fingerprint density at radius 1 is 1.07 bits per heavy atom. The van der Waals surface area contributed by atoms with Crippen LogP contribution in [0, 0.1) is 18.7 Å². The fraction of sp³-hybridized carbons (Fsp3) is 0.292. The molecule has 2 aromatic carbocycles. The van der Waals surface area contributed by atoms with Gasteiger partial charge in [-0.1, -0.05) is 42.0 Å². The zero-order chi connectivity index (χ0) is 20.9. The van der Waals surface area contributed by atoms with Gasteiger partial charge < -0.3 is 10.2 Å². The molecule has 1 aromatic heterocycles. The highest BCUT2D eigenvalue weighted by Gasteiger charge is 2.27. The van der Waals surface area contributed by atoms with Crippen molar-refractivity contribution < 1.29 is 9.18 Å². The predicted molar refractivity (Wildman–Crippen MR) is 115 cm³/mol. The van der Waals surface area contributed by atoms with E-state index in [0.29, 0.717) is 19.0 Å². The molecule has 2 heterocycles. The Labute approximate surface area is 176 Å². The molecule has 0 radical (unpaired) electrons. The lowest BCUT2D eigenvalue weighted by atomic mass is 9.97. The van der Waals surface area contributed by atoms with Gasteiger partial charge in [0.1, 0.15) is 5.82 Å². The van der Waals surface area contributed by atoms with Crippen LogP contribution < -0.4 is 10.2 Å². The molecule has 1 amide bonds. The van der Waals surface area contributed by atoms with Crippen molar-refractivity contribution in [3.63, 3.8) is 0 Å². The molecule has 1 fully saturated rings. The highest BCUT2D eigenvalue weighted by molar-refractivity contribution is 5.79. The zero-order valence-corrected chi connectivity index (χ0v) is 17.0. The Kier molecular flexibility index (Phi) is 6.02. The van der Waals surface area contributed by atoms with Gasteiger partial charge >= 0.3 is 0 Å². The number of amides is 1. The molecule has 5 nitrogen and oxygen atoms in total. The van der Waals surface area contributed by atoms with E-state index in [-0.39, 0.29) is 17.6 Å². The number of aryl methyl sites for hydroxylation is 1. The van der Waals surface area contributed by atoms with Crippen LogP contribution in [0.15, 0.2) is 60.9 Å². The number of nitrogens with zero attached hydrogens (tertiary/aromatic N) is 3. The number of hydrogen-bond donors (Lipinski definition) is 1. The standard InChI is InChI=1S/C24H25FN4O/c1-17-4-8-19(9-5-17)21-14-27-24(28-15-21)29-12-2-3-20(16-29)23(30)26-13-18-6-10-22(25)11-7-18/h4-11,14-15,20H,2-3,12-13,16H2,1H3,(H,26,30). The molecule has 3 aromatic rings. The summed E-state index contributed by atoms with van der Waals surface area (Å²) in [6.07, 6.45) is 5.43. The van der Waals surface area contributed by atoms with E-state index in [4.69, 9.17) is 0 Å². The van der Waals surface area contributed by atoms with E-state index >= 15 is 0 Å². The van der Waals surface area contributed by atoms with Gasteiger partial charge in [-0.25, -0.2) is 14.4 Å². The maximum Gasteiger partial charge on any atom is 0.225 e. The summed E-state index contributed by atoms with van der Waals surface area (Å²) >= 11 is 0. The molecule has 4 rings (SSSR count). The van der Waals surface area contributed by atoms with Crippen molar-refractivity contribution in [1.29, 1.82) is 0 Å². The Hall–Kier alpha value is -3.28. The summed E-state index contributed by atoms with van der Waals surface area (Å²) in [4.78, 5) is 23.8. The Balaban J connectivity index is 1.36. The molecule has 1 N–H and O–H groups in total. The lowest BCUT2D eigenvalue weighted by Crippen LogP contribution is -2.43. The Morgan fingerprint density at radius 3 is 2.47 bits per heavy atom. The monoisotopic (exact) mass is 404 g/mol. The largest absolute Gasteiger partial charge is 0.352 e. The van der Waals surface area contributed by atoms with Crippen LogP contribution in [0.4, 0.5) is 10.3 Å². The third kappa shape index (κ3) is 4.82. The summed E-state index contributed by atoms with van der Waals surface area (Å²) in [5.74, 6) is 0.281. The average molecular weight is 404 g/mol. The minimum Gasteiger partial charge on any atom is -0.352 e. The number of carbonyl (C=O) groups is 1. The smallest absolute Gasteiger partial charge is 0.225 e. The van der Waals surface area contributed by atoms with E-state index in [1.54, 1.807) is 12.1 Å². The van der Waals surface area contributed by atoms with Crippen LogP contribution in [-0.2, 0) is 11.3 Å². The number of rotatable bonds is 5. The lowest BCUT2D eigenvalue weighted by molar-refractivity contribution is -0.125. The van der Waals surface area contributed by atoms with Crippen LogP contribution in [0.5, 0.6) is 0 Å². The highest BCUT2D eigenvalue weighted by Crippen LogP contribution is 2.23. The second kappa shape index (κ2) is 9.03. The van der Waals surface area contributed by atoms with Crippen LogP contribution in [0.25, 0.3) is 11.1 Å². The number of anilines is 1. The van der Waals surface area contributed by atoms with E-state index in [0.717, 1.165) is 36.1 Å². The van der Waals surface area contributed by atoms with Gasteiger partial charge in [-0.05, 0) is 43.0 Å². The molecule has 1 saturated heterocycles. The molecular weight excluding hydrogens is 379 g/mol. The number of hydrogen-bond acceptors (Lipinski definition) is 4. The number of benzene rings is 2. The second-order valence-electron chi connectivity index (χ2n) is 7.77. The number of halogens is 1. The average Bonchev–Trinajstić information content (AvgIpc) is 2.79. The summed E-state index contributed by atoms with van der Waals surface area (Å²) in [6.45, 7) is 3.90. The van der Waals surface area contributed by atoms with Crippen molar-refractivity contribution in [3.05, 3.63) is 77.9 Å². The molecule has 1 aliphatic rings. The van der Waals surface area contributed by atoms with Crippen molar-refractivity contribution in [2.24, 2.45) is 5.92 Å². The number of aromatic nitrogens is 2. The molecule has 6 heteroatoms. The molecular formula is C24H25FN4O. The first-order chi connectivity index (χ1) is 14.6. The molecule has 1 aliphatic heterocycles. The van der Waals surface area contributed by atoms with Gasteiger partial charge in [-0.15, -0.1) is 0 Å². The van der Waals surface area contributed by atoms with Gasteiger partial charge in [-0.2, -0.15) is 0 Å². The topological polar surface area (TPSA) is 58.1 Å². The normalized spacial score (nSPS) is 16.3. The van der Waals surface area contributed by atoms with Crippen LogP contribution in [0.2, 0.25) is 0 Å². The Bertz CT molecular complexity index is 987. The van der Waals surface area contributed by atoms with Gasteiger partial charge in [0.25, 0.3) is 0 Å². The fourth-order valence-corrected chi connectivity index (χ4v) is 3.69. The lowest BCUT2D eigenvalue weighted by Gasteiger charge is -2.32. The van der Waals surface area contributed by atoms with Gasteiger partial charge in [0.05, 0.1) is 5.92 Å². The SMILES string of the molecule is Cc1ccc(-c2cnc(N3CCCC(C(=O)NCc4ccc(F)cc4)C3)nc2)cc1. The molecule has 1 atom stereocenters. The summed E-state index contributed by atoms with van der Waals surface area (Å²) in [5.41, 5.74) is 4.16. The molecule has 154 valence electrons. The highest BCUT2D eigenvalue weighted by atomic mass is 19.1. The van der Waals surface area contributed by atoms with Crippen LogP contribution in [0.1, 0.15) is 24.0 Å². The number of nitrogens with one attached hydrogen (secondary N) is 1. The van der Waals surface area contributed by atoms with Crippen LogP contribution in [-0.4, -0.2) is 29.0 Å². The minimum absolute atomic E-state index is 0.0142. The second-order valence-corrected chi connectivity index (χ2v) is 7.77.